The van der Waals surface area contributed by atoms with Crippen molar-refractivity contribution in [2.75, 3.05) is 12.4 Å². The third kappa shape index (κ3) is 5.20. The Bertz CT molecular complexity index is 1040. The molecule has 1 saturated heterocycles. The summed E-state index contributed by atoms with van der Waals surface area (Å²) in [5.74, 6) is -5.12. The van der Waals surface area contributed by atoms with Crippen LogP contribution in [-0.2, 0) is 4.79 Å². The van der Waals surface area contributed by atoms with E-state index >= 15 is 0 Å². The van der Waals surface area contributed by atoms with E-state index in [1.807, 2.05) is 0 Å². The number of methoxy groups -OCH3 is 1. The van der Waals surface area contributed by atoms with Crippen LogP contribution in [0.3, 0.4) is 0 Å². The number of hydrogen-bond acceptors (Lipinski definition) is 6. The molecule has 1 aliphatic rings. The zero-order valence-corrected chi connectivity index (χ0v) is 18.1. The zero-order chi connectivity index (χ0) is 24.6. The van der Waals surface area contributed by atoms with E-state index < -0.39 is 59.1 Å². The number of rotatable bonds is 6. The fourth-order valence-corrected chi connectivity index (χ4v) is 5.20. The fraction of sp³-hybridized carbons (Fsp3) is 0.350. The highest BCUT2D eigenvalue weighted by Gasteiger charge is 2.60. The van der Waals surface area contributed by atoms with Crippen LogP contribution in [0, 0.1) is 11.6 Å². The summed E-state index contributed by atoms with van der Waals surface area (Å²) in [6.07, 6.45) is -5.25. The number of hydrogen-bond donors (Lipinski definition) is 3. The van der Waals surface area contributed by atoms with Crippen molar-refractivity contribution in [2.24, 2.45) is 0 Å². The maximum Gasteiger partial charge on any atom is 0.707 e. The molecule has 6 nitrogen and oxygen atoms in total. The number of nitrogens with one attached hydrogen (secondary N) is 1. The maximum absolute atomic E-state index is 14.3. The second kappa shape index (κ2) is 9.39. The van der Waals surface area contributed by atoms with Crippen molar-refractivity contribution in [2.45, 2.75) is 35.4 Å². The van der Waals surface area contributed by atoms with Gasteiger partial charge in [-0.1, -0.05) is 12.1 Å². The van der Waals surface area contributed by atoms with Crippen molar-refractivity contribution in [3.8, 4) is 11.5 Å². The summed E-state index contributed by atoms with van der Waals surface area (Å²) in [5.41, 5.74) is 0.0628. The summed E-state index contributed by atoms with van der Waals surface area (Å²) in [5, 5.41) is 18.9. The molecule has 3 rings (SSSR count). The van der Waals surface area contributed by atoms with Gasteiger partial charge in [0.05, 0.1) is 12.4 Å². The minimum atomic E-state index is -4.68. The van der Waals surface area contributed by atoms with Gasteiger partial charge in [-0.05, 0) is 31.5 Å². The molecule has 1 heterocycles. The van der Waals surface area contributed by atoms with Crippen molar-refractivity contribution >= 4 is 30.7 Å². The Morgan fingerprint density at radius 1 is 1.24 bits per heavy atom. The molecule has 13 heteroatoms. The molecule has 33 heavy (non-hydrogen) atoms. The Labute approximate surface area is 190 Å². The van der Waals surface area contributed by atoms with Crippen LogP contribution in [-0.4, -0.2) is 46.6 Å². The maximum atomic E-state index is 14.3. The molecule has 3 N–H and O–H groups in total. The summed E-state index contributed by atoms with van der Waals surface area (Å²) in [7, 11) is -1.05. The Kier molecular flexibility index (Phi) is 7.15. The molecule has 2 aromatic rings. The van der Waals surface area contributed by atoms with Crippen molar-refractivity contribution in [1.82, 2.24) is 0 Å². The topological polar surface area (TPSA) is 88.0 Å². The molecule has 1 fully saturated rings. The van der Waals surface area contributed by atoms with Crippen LogP contribution in [0.4, 0.5) is 27.6 Å². The number of carbonyl (C=O) groups is 1. The summed E-state index contributed by atoms with van der Waals surface area (Å²) < 4.78 is 76.7. The lowest BCUT2D eigenvalue weighted by atomic mass is 9.85. The number of benzene rings is 2. The molecule has 0 saturated carbocycles. The molecule has 0 bridgehead atoms. The van der Waals surface area contributed by atoms with Crippen LogP contribution >= 0.6 is 11.8 Å². The highest BCUT2D eigenvalue weighted by molar-refractivity contribution is 8.02. The van der Waals surface area contributed by atoms with Gasteiger partial charge in [0, 0.05) is 23.2 Å². The Balaban J connectivity index is 1.97. The van der Waals surface area contributed by atoms with E-state index in [0.29, 0.717) is 11.8 Å². The van der Waals surface area contributed by atoms with Gasteiger partial charge < -0.3 is 24.8 Å². The first-order valence-corrected chi connectivity index (χ1v) is 10.4. The molecule has 1 amide bonds. The minimum absolute atomic E-state index is 0.0131. The minimum Gasteiger partial charge on any atom is -0.512 e. The van der Waals surface area contributed by atoms with Gasteiger partial charge in [-0.3, -0.25) is 4.79 Å². The average molecular weight is 491 g/mol. The third-order valence-electron chi connectivity index (χ3n) is 5.25. The molecule has 3 atom stereocenters. The van der Waals surface area contributed by atoms with Crippen LogP contribution in [0.2, 0.25) is 0 Å². The van der Waals surface area contributed by atoms with Crippen molar-refractivity contribution in [1.29, 1.82) is 0 Å². The lowest BCUT2D eigenvalue weighted by Crippen LogP contribution is -2.37. The third-order valence-corrected chi connectivity index (χ3v) is 6.96. The Hall–Kier alpha value is -2.51. The number of carbonyl (C=O) groups excluding carboxylic acids is 1. The van der Waals surface area contributed by atoms with Crippen molar-refractivity contribution in [3.63, 3.8) is 0 Å². The standard InChI is InChI=1S/C20H19BF5NO5S/c1-19(20(24,25)26)9-13(12-6-7-14(22)15(23)16(12)31-2)17(33-19)18(28)27-10-4-3-5-11(8-10)32-21(29)30/h3-8,13,17,29-30H,9H2,1-2H3,(H,27,28)/t13-,17+,19+/m0/s1. The summed E-state index contributed by atoms with van der Waals surface area (Å²) in [6.45, 7) is 0.946. The van der Waals surface area contributed by atoms with E-state index in [2.05, 4.69) is 5.32 Å². The Morgan fingerprint density at radius 2 is 1.94 bits per heavy atom. The number of alkyl halides is 3. The van der Waals surface area contributed by atoms with E-state index in [1.54, 1.807) is 0 Å². The molecule has 2 aromatic carbocycles. The molecule has 1 aliphatic heterocycles. The summed E-state index contributed by atoms with van der Waals surface area (Å²) in [4.78, 5) is 13.1. The van der Waals surface area contributed by atoms with Gasteiger partial charge in [0.1, 0.15) is 10.5 Å². The first-order valence-electron chi connectivity index (χ1n) is 9.56. The van der Waals surface area contributed by atoms with Gasteiger partial charge in [0.25, 0.3) is 0 Å². The Morgan fingerprint density at radius 3 is 2.55 bits per heavy atom. The van der Waals surface area contributed by atoms with E-state index in [-0.39, 0.29) is 17.0 Å². The zero-order valence-electron chi connectivity index (χ0n) is 17.3. The van der Waals surface area contributed by atoms with E-state index in [1.165, 1.54) is 24.3 Å². The molecule has 0 radical (unpaired) electrons. The van der Waals surface area contributed by atoms with E-state index in [0.717, 1.165) is 26.2 Å². The van der Waals surface area contributed by atoms with Crippen LogP contribution in [0.15, 0.2) is 36.4 Å². The van der Waals surface area contributed by atoms with Gasteiger partial charge in [0.2, 0.25) is 11.7 Å². The molecule has 0 unspecified atom stereocenters. The number of thioether (sulfide) groups is 1. The number of ether oxygens (including phenoxy) is 1. The predicted octanol–water partition coefficient (Wildman–Crippen LogP) is 3.87. The van der Waals surface area contributed by atoms with Crippen molar-refractivity contribution in [3.05, 3.63) is 53.6 Å². The largest absolute Gasteiger partial charge is 0.707 e. The molecule has 0 aliphatic carbocycles. The molecule has 0 aromatic heterocycles. The van der Waals surface area contributed by atoms with Gasteiger partial charge in [0.15, 0.2) is 11.6 Å². The molecule has 0 spiro atoms. The van der Waals surface area contributed by atoms with Gasteiger partial charge in [-0.2, -0.15) is 17.6 Å². The number of amides is 1. The fourth-order valence-electron chi connectivity index (χ4n) is 3.66. The van der Waals surface area contributed by atoms with Gasteiger partial charge in [-0.25, -0.2) is 4.39 Å². The van der Waals surface area contributed by atoms with Crippen LogP contribution in [0.5, 0.6) is 11.5 Å². The average Bonchev–Trinajstić information content (AvgIpc) is 3.08. The second-order valence-electron chi connectivity index (χ2n) is 7.52. The highest BCUT2D eigenvalue weighted by Crippen LogP contribution is 2.59. The lowest BCUT2D eigenvalue weighted by Gasteiger charge is -2.26. The van der Waals surface area contributed by atoms with E-state index in [4.69, 9.17) is 19.4 Å². The molecular weight excluding hydrogens is 472 g/mol. The van der Waals surface area contributed by atoms with Crippen LogP contribution in [0.1, 0.15) is 24.8 Å². The molecular formula is C20H19BF5NO5S. The second-order valence-corrected chi connectivity index (χ2v) is 9.17. The van der Waals surface area contributed by atoms with Gasteiger partial charge >= 0.3 is 13.5 Å². The quantitative estimate of drug-likeness (QED) is 0.420. The monoisotopic (exact) mass is 491 g/mol. The van der Waals surface area contributed by atoms with E-state index in [9.17, 15) is 26.7 Å². The smallest absolute Gasteiger partial charge is 0.512 e. The first-order chi connectivity index (χ1) is 15.4. The first kappa shape index (κ1) is 25.1. The number of anilines is 1. The van der Waals surface area contributed by atoms with Crippen LogP contribution in [0.25, 0.3) is 0 Å². The normalized spacial score (nSPS) is 22.7. The molecule has 178 valence electrons. The SMILES string of the molecule is COc1c([C@@H]2C[C@](C)(C(F)(F)F)S[C@H]2C(=O)Nc2cccc(OB(O)O)c2)ccc(F)c1F. The summed E-state index contributed by atoms with van der Waals surface area (Å²) >= 11 is 0.374. The number of halogens is 5. The summed E-state index contributed by atoms with van der Waals surface area (Å²) in [6, 6.07) is 7.34. The van der Waals surface area contributed by atoms with Gasteiger partial charge in [-0.15, -0.1) is 11.8 Å². The van der Waals surface area contributed by atoms with Crippen molar-refractivity contribution < 1.29 is 46.2 Å². The van der Waals surface area contributed by atoms with Crippen LogP contribution < -0.4 is 14.7 Å². The lowest BCUT2D eigenvalue weighted by molar-refractivity contribution is -0.155. The predicted molar refractivity (Wildman–Crippen MR) is 112 cm³/mol. The highest BCUT2D eigenvalue weighted by atomic mass is 32.2.